The topological polar surface area (TPSA) is 26.0 Å². The highest BCUT2D eigenvalue weighted by molar-refractivity contribution is 5.53. The van der Waals surface area contributed by atoms with Crippen molar-refractivity contribution < 1.29 is 0 Å². The highest BCUT2D eigenvalue weighted by Crippen LogP contribution is 3.09. The Hall–Kier alpha value is -0.0400. The predicted octanol–water partition coefficient (Wildman–Crippen LogP) is 1.09. The molecule has 7 atom stereocenters. The molecule has 0 bridgehead atoms. The number of hydrogen-bond donors (Lipinski definition) is 1. The third-order valence-corrected chi connectivity index (χ3v) is 5.71. The van der Waals surface area contributed by atoms with E-state index in [2.05, 4.69) is 13.8 Å². The Morgan fingerprint density at radius 3 is 2.36 bits per heavy atom. The van der Waals surface area contributed by atoms with Crippen molar-refractivity contribution >= 4 is 0 Å². The molecule has 4 fully saturated rings. The summed E-state index contributed by atoms with van der Waals surface area (Å²) in [7, 11) is 0. The average molecular weight is 149 g/mol. The molecule has 2 N–H and O–H groups in total. The van der Waals surface area contributed by atoms with Gasteiger partial charge in [0, 0.05) is 0 Å². The summed E-state index contributed by atoms with van der Waals surface area (Å²) in [6.45, 7) is 5.81. The minimum Gasteiger partial charge on any atom is -0.330 e. The summed E-state index contributed by atoms with van der Waals surface area (Å²) in [5.41, 5.74) is 7.36. The molecule has 0 aromatic carbocycles. The van der Waals surface area contributed by atoms with Crippen LogP contribution in [0.2, 0.25) is 0 Å². The van der Waals surface area contributed by atoms with Crippen LogP contribution in [0.5, 0.6) is 0 Å². The van der Waals surface area contributed by atoms with E-state index in [9.17, 15) is 0 Å². The first-order valence-corrected chi connectivity index (χ1v) is 4.90. The average Bonchev–Trinajstić information content (AvgIpc) is 2.73. The lowest BCUT2D eigenvalue weighted by molar-refractivity contribution is -0.180. The van der Waals surface area contributed by atoms with E-state index in [1.165, 1.54) is 5.92 Å². The number of hydrogen-bond acceptors (Lipinski definition) is 1. The molecule has 60 valence electrons. The molecule has 1 nitrogen and oxygen atoms in total. The Balaban J connectivity index is 1.80. The molecule has 7 unspecified atom stereocenters. The molecule has 0 radical (unpaired) electrons. The van der Waals surface area contributed by atoms with Gasteiger partial charge in [0.05, 0.1) is 0 Å². The molecule has 0 amide bonds. The second kappa shape index (κ2) is 1.02. The zero-order chi connectivity index (χ0) is 7.59. The molecule has 11 heavy (non-hydrogen) atoms. The van der Waals surface area contributed by atoms with Crippen molar-refractivity contribution in [3.05, 3.63) is 0 Å². The van der Waals surface area contributed by atoms with Crippen LogP contribution in [0.4, 0.5) is 0 Å². The molecule has 0 aromatic rings. The molecule has 0 heterocycles. The standard InChI is InChI=1S/C10H15N/c1-4-5-6-8-9(2,3-11)7(4)10(5,6)8/h4-8H,3,11H2,1-2H3. The van der Waals surface area contributed by atoms with Gasteiger partial charge in [0.25, 0.3) is 0 Å². The molecule has 4 rings (SSSR count). The minimum absolute atomic E-state index is 0.582. The predicted molar refractivity (Wildman–Crippen MR) is 42.7 cm³/mol. The van der Waals surface area contributed by atoms with Crippen LogP contribution in [0, 0.1) is 40.4 Å². The number of nitrogens with two attached hydrogens (primary N) is 1. The lowest BCUT2D eigenvalue weighted by atomic mass is 9.39. The molecular formula is C10H15N. The van der Waals surface area contributed by atoms with Crippen LogP contribution in [-0.4, -0.2) is 6.54 Å². The van der Waals surface area contributed by atoms with E-state index in [-0.39, 0.29) is 0 Å². The molecule has 0 aromatic heterocycles. The summed E-state index contributed by atoms with van der Waals surface area (Å²) < 4.78 is 0. The first kappa shape index (κ1) is 5.58. The maximum Gasteiger partial charge on any atom is -0.00172 e. The van der Waals surface area contributed by atoms with Crippen LogP contribution in [0.15, 0.2) is 0 Å². The molecule has 1 heteroatoms. The van der Waals surface area contributed by atoms with Crippen LogP contribution < -0.4 is 5.73 Å². The van der Waals surface area contributed by atoms with Gasteiger partial charge >= 0.3 is 0 Å². The van der Waals surface area contributed by atoms with Crippen LogP contribution in [0.25, 0.3) is 0 Å². The van der Waals surface area contributed by atoms with Gasteiger partial charge in [-0.05, 0) is 47.0 Å². The zero-order valence-corrected chi connectivity index (χ0v) is 7.17. The Kier molecular flexibility index (Phi) is 0.519. The van der Waals surface area contributed by atoms with E-state index in [0.29, 0.717) is 5.41 Å². The summed E-state index contributed by atoms with van der Waals surface area (Å²) in [6, 6.07) is 0. The van der Waals surface area contributed by atoms with Crippen molar-refractivity contribution in [2.75, 3.05) is 6.54 Å². The summed E-state index contributed by atoms with van der Waals surface area (Å²) in [6.07, 6.45) is 0. The van der Waals surface area contributed by atoms with Gasteiger partial charge < -0.3 is 5.73 Å². The van der Waals surface area contributed by atoms with Gasteiger partial charge in [-0.15, -0.1) is 0 Å². The zero-order valence-electron chi connectivity index (χ0n) is 7.17. The van der Waals surface area contributed by atoms with Gasteiger partial charge in [-0.2, -0.15) is 0 Å². The number of rotatable bonds is 1. The van der Waals surface area contributed by atoms with E-state index >= 15 is 0 Å². The quantitative estimate of drug-likeness (QED) is 0.593. The maximum absolute atomic E-state index is 5.84. The summed E-state index contributed by atoms with van der Waals surface area (Å²) >= 11 is 0. The van der Waals surface area contributed by atoms with E-state index < -0.39 is 0 Å². The highest BCUT2D eigenvalue weighted by atomic mass is 15.1. The van der Waals surface area contributed by atoms with Crippen molar-refractivity contribution in [1.82, 2.24) is 0 Å². The van der Waals surface area contributed by atoms with Crippen molar-refractivity contribution in [2.45, 2.75) is 13.8 Å². The molecule has 0 saturated heterocycles. The maximum atomic E-state index is 5.84. The van der Waals surface area contributed by atoms with Gasteiger partial charge in [0.2, 0.25) is 0 Å². The Bertz CT molecular complexity index is 272. The van der Waals surface area contributed by atoms with Crippen LogP contribution in [0.1, 0.15) is 13.8 Å². The van der Waals surface area contributed by atoms with Crippen molar-refractivity contribution in [3.63, 3.8) is 0 Å². The van der Waals surface area contributed by atoms with Crippen LogP contribution in [-0.2, 0) is 0 Å². The van der Waals surface area contributed by atoms with E-state index in [1.54, 1.807) is 0 Å². The largest absolute Gasteiger partial charge is 0.330 e. The Labute approximate surface area is 67.3 Å². The van der Waals surface area contributed by atoms with Crippen molar-refractivity contribution in [1.29, 1.82) is 0 Å². The molecule has 4 saturated carbocycles. The van der Waals surface area contributed by atoms with E-state index in [4.69, 9.17) is 5.73 Å². The monoisotopic (exact) mass is 149 g/mol. The van der Waals surface area contributed by atoms with Crippen LogP contribution >= 0.6 is 0 Å². The molecule has 1 spiro atoms. The van der Waals surface area contributed by atoms with Gasteiger partial charge in [0.1, 0.15) is 0 Å². The first-order valence-electron chi connectivity index (χ1n) is 4.90. The smallest absolute Gasteiger partial charge is 0.00172 e. The normalized spacial score (nSPS) is 85.9. The van der Waals surface area contributed by atoms with Gasteiger partial charge in [0.15, 0.2) is 0 Å². The second-order valence-electron chi connectivity index (χ2n) is 5.58. The highest BCUT2D eigenvalue weighted by Gasteiger charge is 3.07. The fourth-order valence-electron chi connectivity index (χ4n) is 5.68. The fraction of sp³-hybridized carbons (Fsp3) is 1.00. The van der Waals surface area contributed by atoms with Crippen molar-refractivity contribution in [2.24, 2.45) is 46.2 Å². The van der Waals surface area contributed by atoms with Gasteiger partial charge in [-0.1, -0.05) is 13.8 Å². The number of fused-ring (bicyclic) bond motifs is 2. The van der Waals surface area contributed by atoms with E-state index in [1.807, 2.05) is 0 Å². The van der Waals surface area contributed by atoms with Crippen LogP contribution in [0.3, 0.4) is 0 Å². The van der Waals surface area contributed by atoms with Gasteiger partial charge in [-0.3, -0.25) is 0 Å². The summed E-state index contributed by atoms with van der Waals surface area (Å²) in [5, 5.41) is 0. The first-order chi connectivity index (χ1) is 5.20. The third-order valence-electron chi connectivity index (χ3n) is 5.71. The molecular weight excluding hydrogens is 134 g/mol. The Morgan fingerprint density at radius 1 is 1.27 bits per heavy atom. The van der Waals surface area contributed by atoms with Crippen molar-refractivity contribution in [3.8, 4) is 0 Å². The summed E-state index contributed by atoms with van der Waals surface area (Å²) in [4.78, 5) is 0. The minimum atomic E-state index is 0.582. The molecule has 0 aliphatic heterocycles. The summed E-state index contributed by atoms with van der Waals surface area (Å²) in [5.74, 6) is 5.50. The lowest BCUT2D eigenvalue weighted by Crippen LogP contribution is -2.64. The second-order valence-corrected chi connectivity index (χ2v) is 5.58. The fourth-order valence-corrected chi connectivity index (χ4v) is 5.68. The van der Waals surface area contributed by atoms with E-state index in [0.717, 1.165) is 35.6 Å². The molecule has 4 aliphatic rings. The SMILES string of the molecule is CC1C2C3C4C(C)(CN)C1C234. The van der Waals surface area contributed by atoms with Gasteiger partial charge in [-0.25, -0.2) is 0 Å². The Morgan fingerprint density at radius 2 is 2.00 bits per heavy atom. The lowest BCUT2D eigenvalue weighted by Gasteiger charge is -2.65. The third kappa shape index (κ3) is 0.243. The molecule has 4 aliphatic carbocycles.